The zero-order valence-electron chi connectivity index (χ0n) is 8.79. The summed E-state index contributed by atoms with van der Waals surface area (Å²) >= 11 is 0. The fraction of sp³-hybridized carbons (Fsp3) is 0.0833. The average Bonchev–Trinajstić information content (AvgIpc) is 2.65. The summed E-state index contributed by atoms with van der Waals surface area (Å²) in [6.07, 6.45) is 4.54. The summed E-state index contributed by atoms with van der Waals surface area (Å²) in [5.41, 5.74) is -0.313. The van der Waals surface area contributed by atoms with Crippen molar-refractivity contribution in [2.24, 2.45) is 0 Å². The van der Waals surface area contributed by atoms with Crippen LogP contribution in [0.3, 0.4) is 0 Å². The molecular weight excluding hydrogens is 218 g/mol. The summed E-state index contributed by atoms with van der Waals surface area (Å²) in [5, 5.41) is 13.1. The Balaban J connectivity index is 2.21. The van der Waals surface area contributed by atoms with Crippen molar-refractivity contribution >= 4 is 5.91 Å². The molecule has 0 radical (unpaired) electrons. The number of carbonyl (C=O) groups excluding carboxylic acids is 1. The molecule has 17 heavy (non-hydrogen) atoms. The van der Waals surface area contributed by atoms with Gasteiger partial charge in [-0.05, 0) is 18.2 Å². The quantitative estimate of drug-likeness (QED) is 0.740. The van der Waals surface area contributed by atoms with Gasteiger partial charge in [0.2, 0.25) is 5.72 Å². The highest BCUT2D eigenvalue weighted by atomic mass is 16.3. The SMILES string of the molecule is O=C1NC(O)(c2ccccn2)c2ccncc21. The van der Waals surface area contributed by atoms with E-state index in [4.69, 9.17) is 0 Å². The fourth-order valence-corrected chi connectivity index (χ4v) is 1.97. The topological polar surface area (TPSA) is 75.1 Å². The second-order valence-corrected chi connectivity index (χ2v) is 3.80. The Morgan fingerprint density at radius 3 is 2.88 bits per heavy atom. The molecule has 84 valence electrons. The van der Waals surface area contributed by atoms with Crippen LogP contribution < -0.4 is 5.32 Å². The van der Waals surface area contributed by atoms with E-state index in [0.717, 1.165) is 0 Å². The lowest BCUT2D eigenvalue weighted by atomic mass is 10.00. The van der Waals surface area contributed by atoms with Crippen molar-refractivity contribution in [1.82, 2.24) is 15.3 Å². The van der Waals surface area contributed by atoms with Gasteiger partial charge in [0.15, 0.2) is 0 Å². The molecule has 1 atom stereocenters. The Hall–Kier alpha value is -2.27. The van der Waals surface area contributed by atoms with Crippen molar-refractivity contribution in [2.45, 2.75) is 5.72 Å². The number of nitrogens with one attached hydrogen (secondary N) is 1. The molecule has 2 N–H and O–H groups in total. The minimum Gasteiger partial charge on any atom is -0.362 e. The summed E-state index contributed by atoms with van der Waals surface area (Å²) < 4.78 is 0. The van der Waals surface area contributed by atoms with E-state index in [1.165, 1.54) is 12.4 Å². The first-order chi connectivity index (χ1) is 8.22. The molecule has 0 bridgehead atoms. The van der Waals surface area contributed by atoms with E-state index in [1.807, 2.05) is 0 Å². The van der Waals surface area contributed by atoms with Gasteiger partial charge in [0, 0.05) is 24.2 Å². The molecule has 0 saturated heterocycles. The van der Waals surface area contributed by atoms with E-state index in [9.17, 15) is 9.90 Å². The Bertz CT molecular complexity index is 585. The van der Waals surface area contributed by atoms with Crippen LogP contribution in [0.1, 0.15) is 21.6 Å². The van der Waals surface area contributed by atoms with Crippen LogP contribution in [0.15, 0.2) is 42.9 Å². The molecule has 0 spiro atoms. The molecule has 3 rings (SSSR count). The maximum absolute atomic E-state index is 11.7. The highest BCUT2D eigenvalue weighted by molar-refractivity contribution is 5.99. The average molecular weight is 227 g/mol. The first-order valence-electron chi connectivity index (χ1n) is 5.13. The van der Waals surface area contributed by atoms with Crippen LogP contribution in [-0.2, 0) is 5.72 Å². The molecule has 5 heteroatoms. The molecule has 1 aliphatic heterocycles. The van der Waals surface area contributed by atoms with Gasteiger partial charge in [-0.3, -0.25) is 14.8 Å². The van der Waals surface area contributed by atoms with Gasteiger partial charge in [-0.25, -0.2) is 0 Å². The Morgan fingerprint density at radius 2 is 2.12 bits per heavy atom. The maximum atomic E-state index is 11.7. The largest absolute Gasteiger partial charge is 0.362 e. The predicted octanol–water partition coefficient (Wildman–Crippen LogP) is 0.413. The first kappa shape index (κ1) is 9.92. The highest BCUT2D eigenvalue weighted by Crippen LogP contribution is 2.32. The third-order valence-electron chi connectivity index (χ3n) is 2.79. The van der Waals surface area contributed by atoms with E-state index in [1.54, 1.807) is 30.5 Å². The minimum absolute atomic E-state index is 0.346. The van der Waals surface area contributed by atoms with Gasteiger partial charge in [0.05, 0.1) is 11.3 Å². The van der Waals surface area contributed by atoms with Crippen LogP contribution in [0.25, 0.3) is 0 Å². The number of aliphatic hydroxyl groups is 1. The minimum atomic E-state index is -1.56. The molecule has 0 aromatic carbocycles. The van der Waals surface area contributed by atoms with Crippen molar-refractivity contribution in [3.8, 4) is 0 Å². The Kier molecular flexibility index (Phi) is 1.96. The Morgan fingerprint density at radius 1 is 1.24 bits per heavy atom. The van der Waals surface area contributed by atoms with Gasteiger partial charge in [0.25, 0.3) is 5.91 Å². The van der Waals surface area contributed by atoms with Crippen LogP contribution in [0, 0.1) is 0 Å². The number of amides is 1. The van der Waals surface area contributed by atoms with E-state index in [-0.39, 0.29) is 5.91 Å². The zero-order valence-corrected chi connectivity index (χ0v) is 8.79. The van der Waals surface area contributed by atoms with Crippen molar-refractivity contribution in [1.29, 1.82) is 0 Å². The number of carbonyl (C=O) groups is 1. The highest BCUT2D eigenvalue weighted by Gasteiger charge is 2.43. The van der Waals surface area contributed by atoms with Crippen LogP contribution in [0.2, 0.25) is 0 Å². The number of hydrogen-bond acceptors (Lipinski definition) is 4. The lowest BCUT2D eigenvalue weighted by molar-refractivity contribution is 0.0444. The van der Waals surface area contributed by atoms with E-state index >= 15 is 0 Å². The smallest absolute Gasteiger partial charge is 0.256 e. The van der Waals surface area contributed by atoms with Crippen molar-refractivity contribution in [2.75, 3.05) is 0 Å². The van der Waals surface area contributed by atoms with E-state index < -0.39 is 5.72 Å². The molecule has 2 aromatic heterocycles. The summed E-state index contributed by atoms with van der Waals surface area (Å²) in [6, 6.07) is 6.78. The molecule has 0 fully saturated rings. The van der Waals surface area contributed by atoms with Crippen LogP contribution in [0.5, 0.6) is 0 Å². The molecule has 1 aliphatic rings. The molecule has 0 aliphatic carbocycles. The lowest BCUT2D eigenvalue weighted by Gasteiger charge is -2.22. The van der Waals surface area contributed by atoms with Gasteiger partial charge < -0.3 is 10.4 Å². The summed E-state index contributed by atoms with van der Waals surface area (Å²) in [7, 11) is 0. The number of rotatable bonds is 1. The second-order valence-electron chi connectivity index (χ2n) is 3.80. The van der Waals surface area contributed by atoms with Crippen LogP contribution in [-0.4, -0.2) is 21.0 Å². The molecule has 1 unspecified atom stereocenters. The van der Waals surface area contributed by atoms with E-state index in [2.05, 4.69) is 15.3 Å². The standard InChI is InChI=1S/C12H9N3O2/c16-11-8-7-13-6-4-9(8)12(17,15-11)10-3-1-2-5-14-10/h1-7,17H,(H,15,16). The first-order valence-corrected chi connectivity index (χ1v) is 5.13. The number of aromatic nitrogens is 2. The number of pyridine rings is 2. The summed E-state index contributed by atoms with van der Waals surface area (Å²) in [5.74, 6) is -0.346. The van der Waals surface area contributed by atoms with Crippen LogP contribution in [0.4, 0.5) is 0 Å². The summed E-state index contributed by atoms with van der Waals surface area (Å²) in [4.78, 5) is 19.7. The number of fused-ring (bicyclic) bond motifs is 1. The second kappa shape index (κ2) is 3.36. The van der Waals surface area contributed by atoms with Crippen molar-refractivity contribution in [3.63, 3.8) is 0 Å². The van der Waals surface area contributed by atoms with E-state index in [0.29, 0.717) is 16.8 Å². The molecule has 0 saturated carbocycles. The third kappa shape index (κ3) is 1.33. The monoisotopic (exact) mass is 227 g/mol. The van der Waals surface area contributed by atoms with Crippen LogP contribution >= 0.6 is 0 Å². The zero-order chi connectivity index (χ0) is 11.9. The molecule has 5 nitrogen and oxygen atoms in total. The Labute approximate surface area is 97.2 Å². The normalized spacial score (nSPS) is 22.1. The maximum Gasteiger partial charge on any atom is 0.256 e. The molecule has 3 heterocycles. The van der Waals surface area contributed by atoms with Gasteiger partial charge in [-0.1, -0.05) is 6.07 Å². The fourth-order valence-electron chi connectivity index (χ4n) is 1.97. The van der Waals surface area contributed by atoms with Crippen molar-refractivity contribution < 1.29 is 9.90 Å². The third-order valence-corrected chi connectivity index (χ3v) is 2.79. The summed E-state index contributed by atoms with van der Waals surface area (Å²) in [6.45, 7) is 0. The number of hydrogen-bond donors (Lipinski definition) is 2. The molecule has 1 amide bonds. The van der Waals surface area contributed by atoms with Gasteiger partial charge in [-0.2, -0.15) is 0 Å². The van der Waals surface area contributed by atoms with Gasteiger partial charge in [-0.15, -0.1) is 0 Å². The van der Waals surface area contributed by atoms with Gasteiger partial charge in [0.1, 0.15) is 0 Å². The molecular formula is C12H9N3O2. The molecule has 2 aromatic rings. The van der Waals surface area contributed by atoms with Crippen molar-refractivity contribution in [3.05, 3.63) is 59.7 Å². The number of nitrogens with zero attached hydrogens (tertiary/aromatic N) is 2. The predicted molar refractivity (Wildman–Crippen MR) is 58.9 cm³/mol. The van der Waals surface area contributed by atoms with Gasteiger partial charge >= 0.3 is 0 Å². The lowest BCUT2D eigenvalue weighted by Crippen LogP contribution is -2.40.